The minimum absolute atomic E-state index is 0.0120. The number of hydrogen-bond acceptors (Lipinski definition) is 2. The van der Waals surface area contributed by atoms with Crippen LogP contribution in [0.3, 0.4) is 0 Å². The SMILES string of the molecule is Cc1ccc(N)c(C(=O)Cc2cccc(F)c2Cl)c1. The van der Waals surface area contributed by atoms with Crippen LogP contribution in [-0.2, 0) is 6.42 Å². The number of carbonyl (C=O) groups is 1. The number of rotatable bonds is 3. The predicted octanol–water partition coefficient (Wildman–Crippen LogP) is 3.80. The van der Waals surface area contributed by atoms with E-state index in [2.05, 4.69) is 0 Å². The Bertz CT molecular complexity index is 640. The first-order valence-electron chi connectivity index (χ1n) is 5.81. The second-order valence-electron chi connectivity index (χ2n) is 4.40. The molecule has 4 heteroatoms. The third-order valence-corrected chi connectivity index (χ3v) is 3.32. The van der Waals surface area contributed by atoms with Crippen molar-refractivity contribution in [2.45, 2.75) is 13.3 Å². The lowest BCUT2D eigenvalue weighted by atomic mass is 10.00. The molecular formula is C15H13ClFNO. The van der Waals surface area contributed by atoms with Crippen LogP contribution in [0.15, 0.2) is 36.4 Å². The maximum atomic E-state index is 13.3. The number of benzene rings is 2. The molecule has 0 unspecified atom stereocenters. The van der Waals surface area contributed by atoms with Crippen LogP contribution in [0.4, 0.5) is 10.1 Å². The van der Waals surface area contributed by atoms with E-state index >= 15 is 0 Å². The van der Waals surface area contributed by atoms with Gasteiger partial charge in [-0.05, 0) is 30.7 Å². The molecule has 98 valence electrons. The maximum Gasteiger partial charge on any atom is 0.169 e. The number of halogens is 2. The summed E-state index contributed by atoms with van der Waals surface area (Å²) in [5, 5.41) is -0.0120. The first-order valence-corrected chi connectivity index (χ1v) is 6.19. The molecule has 0 aliphatic heterocycles. The van der Waals surface area contributed by atoms with Gasteiger partial charge < -0.3 is 5.73 Å². The van der Waals surface area contributed by atoms with Crippen molar-refractivity contribution in [3.05, 3.63) is 63.9 Å². The summed E-state index contributed by atoms with van der Waals surface area (Å²) < 4.78 is 13.3. The number of anilines is 1. The molecule has 0 atom stereocenters. The van der Waals surface area contributed by atoms with Crippen LogP contribution in [0.2, 0.25) is 5.02 Å². The molecule has 0 bridgehead atoms. The summed E-state index contributed by atoms with van der Waals surface area (Å²) in [5.41, 5.74) is 8.06. The van der Waals surface area contributed by atoms with Crippen LogP contribution in [0.25, 0.3) is 0 Å². The summed E-state index contributed by atoms with van der Waals surface area (Å²) in [6.07, 6.45) is 0.0320. The van der Waals surface area contributed by atoms with Crippen LogP contribution in [0.5, 0.6) is 0 Å². The quantitative estimate of drug-likeness (QED) is 0.685. The molecule has 0 aliphatic carbocycles. The molecule has 0 radical (unpaired) electrons. The summed E-state index contributed by atoms with van der Waals surface area (Å²) >= 11 is 5.84. The molecule has 2 aromatic carbocycles. The van der Waals surface area contributed by atoms with Gasteiger partial charge in [-0.15, -0.1) is 0 Å². The van der Waals surface area contributed by atoms with Gasteiger partial charge in [-0.25, -0.2) is 4.39 Å². The number of aryl methyl sites for hydroxylation is 1. The zero-order valence-corrected chi connectivity index (χ0v) is 11.2. The van der Waals surface area contributed by atoms with Crippen molar-refractivity contribution in [1.82, 2.24) is 0 Å². The van der Waals surface area contributed by atoms with Gasteiger partial charge in [0.15, 0.2) is 5.78 Å². The van der Waals surface area contributed by atoms with E-state index in [0.29, 0.717) is 16.8 Å². The smallest absolute Gasteiger partial charge is 0.169 e. The maximum absolute atomic E-state index is 13.3. The molecule has 0 saturated carbocycles. The lowest BCUT2D eigenvalue weighted by Crippen LogP contribution is -2.08. The molecule has 0 fully saturated rings. The van der Waals surface area contributed by atoms with Gasteiger partial charge in [0.05, 0.1) is 5.02 Å². The molecule has 0 spiro atoms. The Morgan fingerprint density at radius 3 is 2.79 bits per heavy atom. The third-order valence-electron chi connectivity index (χ3n) is 2.89. The van der Waals surface area contributed by atoms with E-state index in [0.717, 1.165) is 5.56 Å². The molecule has 2 nitrogen and oxygen atoms in total. The Morgan fingerprint density at radius 2 is 2.05 bits per heavy atom. The molecule has 2 aromatic rings. The van der Waals surface area contributed by atoms with Crippen LogP contribution < -0.4 is 5.73 Å². The van der Waals surface area contributed by atoms with Gasteiger partial charge in [0, 0.05) is 17.7 Å². The molecule has 19 heavy (non-hydrogen) atoms. The van der Waals surface area contributed by atoms with Crippen molar-refractivity contribution in [3.8, 4) is 0 Å². The van der Waals surface area contributed by atoms with E-state index in [9.17, 15) is 9.18 Å². The number of nitrogen functional groups attached to an aromatic ring is 1. The van der Waals surface area contributed by atoms with E-state index in [1.165, 1.54) is 12.1 Å². The highest BCUT2D eigenvalue weighted by Crippen LogP contribution is 2.23. The molecule has 0 aliphatic rings. The average Bonchev–Trinajstić information content (AvgIpc) is 2.38. The molecule has 0 aromatic heterocycles. The fraction of sp³-hybridized carbons (Fsp3) is 0.133. The molecular weight excluding hydrogens is 265 g/mol. The van der Waals surface area contributed by atoms with Crippen molar-refractivity contribution in [2.75, 3.05) is 5.73 Å². The zero-order valence-electron chi connectivity index (χ0n) is 10.4. The normalized spacial score (nSPS) is 10.5. The topological polar surface area (TPSA) is 43.1 Å². The highest BCUT2D eigenvalue weighted by Gasteiger charge is 2.14. The average molecular weight is 278 g/mol. The fourth-order valence-electron chi connectivity index (χ4n) is 1.86. The standard InChI is InChI=1S/C15H13ClFNO/c1-9-5-6-13(18)11(7-9)14(19)8-10-3-2-4-12(17)15(10)16/h2-7H,8,18H2,1H3. The van der Waals surface area contributed by atoms with Crippen LogP contribution in [0.1, 0.15) is 21.5 Å². The van der Waals surface area contributed by atoms with Gasteiger partial charge in [-0.3, -0.25) is 4.79 Å². The highest BCUT2D eigenvalue weighted by atomic mass is 35.5. The Kier molecular flexibility index (Phi) is 3.86. The second kappa shape index (κ2) is 5.41. The van der Waals surface area contributed by atoms with Gasteiger partial charge in [0.2, 0.25) is 0 Å². The Balaban J connectivity index is 2.31. The predicted molar refractivity (Wildman–Crippen MR) is 75.0 cm³/mol. The van der Waals surface area contributed by atoms with E-state index in [1.54, 1.807) is 18.2 Å². The van der Waals surface area contributed by atoms with Gasteiger partial charge >= 0.3 is 0 Å². The largest absolute Gasteiger partial charge is 0.398 e. The Hall–Kier alpha value is -1.87. The molecule has 0 heterocycles. The lowest BCUT2D eigenvalue weighted by molar-refractivity contribution is 0.0993. The summed E-state index contributed by atoms with van der Waals surface area (Å²) in [5.74, 6) is -0.696. The summed E-state index contributed by atoms with van der Waals surface area (Å²) in [6, 6.07) is 9.68. The van der Waals surface area contributed by atoms with E-state index < -0.39 is 5.82 Å². The monoisotopic (exact) mass is 277 g/mol. The van der Waals surface area contributed by atoms with Crippen molar-refractivity contribution in [3.63, 3.8) is 0 Å². The minimum atomic E-state index is -0.524. The van der Waals surface area contributed by atoms with Crippen molar-refractivity contribution in [1.29, 1.82) is 0 Å². The lowest BCUT2D eigenvalue weighted by Gasteiger charge is -2.07. The van der Waals surface area contributed by atoms with Gasteiger partial charge in [-0.2, -0.15) is 0 Å². The minimum Gasteiger partial charge on any atom is -0.398 e. The molecule has 2 rings (SSSR count). The van der Waals surface area contributed by atoms with Gasteiger partial charge in [0.25, 0.3) is 0 Å². The van der Waals surface area contributed by atoms with E-state index in [4.69, 9.17) is 17.3 Å². The van der Waals surface area contributed by atoms with Crippen molar-refractivity contribution >= 4 is 23.1 Å². The highest BCUT2D eigenvalue weighted by molar-refractivity contribution is 6.31. The second-order valence-corrected chi connectivity index (χ2v) is 4.78. The first-order chi connectivity index (χ1) is 8.99. The van der Waals surface area contributed by atoms with Gasteiger partial charge in [-0.1, -0.05) is 35.4 Å². The zero-order chi connectivity index (χ0) is 14.0. The fourth-order valence-corrected chi connectivity index (χ4v) is 2.06. The summed E-state index contributed by atoms with van der Waals surface area (Å²) in [6.45, 7) is 1.88. The van der Waals surface area contributed by atoms with E-state index in [1.807, 2.05) is 13.0 Å². The number of carbonyl (C=O) groups excluding carboxylic acids is 1. The Labute approximate surface area is 116 Å². The summed E-state index contributed by atoms with van der Waals surface area (Å²) in [7, 11) is 0. The van der Waals surface area contributed by atoms with Gasteiger partial charge in [0.1, 0.15) is 5.82 Å². The van der Waals surface area contributed by atoms with Crippen LogP contribution in [-0.4, -0.2) is 5.78 Å². The third kappa shape index (κ3) is 2.93. The summed E-state index contributed by atoms with van der Waals surface area (Å²) in [4.78, 5) is 12.2. The van der Waals surface area contributed by atoms with Crippen LogP contribution in [0, 0.1) is 12.7 Å². The van der Waals surface area contributed by atoms with Crippen molar-refractivity contribution in [2.24, 2.45) is 0 Å². The molecule has 2 N–H and O–H groups in total. The number of hydrogen-bond donors (Lipinski definition) is 1. The molecule has 0 amide bonds. The number of nitrogens with two attached hydrogens (primary N) is 1. The van der Waals surface area contributed by atoms with Crippen molar-refractivity contribution < 1.29 is 9.18 Å². The Morgan fingerprint density at radius 1 is 1.32 bits per heavy atom. The van der Waals surface area contributed by atoms with E-state index in [-0.39, 0.29) is 17.2 Å². The number of ketones is 1. The van der Waals surface area contributed by atoms with Crippen LogP contribution >= 0.6 is 11.6 Å². The molecule has 0 saturated heterocycles. The number of Topliss-reactive ketones (excluding diaryl/α,β-unsaturated/α-hetero) is 1. The first kappa shape index (κ1) is 13.6.